The van der Waals surface area contributed by atoms with E-state index in [0.717, 1.165) is 11.1 Å². The number of rotatable bonds is 2. The van der Waals surface area contributed by atoms with Crippen LogP contribution in [0.4, 0.5) is 0 Å². The highest BCUT2D eigenvalue weighted by molar-refractivity contribution is 5.33. The van der Waals surface area contributed by atoms with Crippen molar-refractivity contribution in [1.29, 1.82) is 0 Å². The molecular formula is C10H12N2O. The summed E-state index contributed by atoms with van der Waals surface area (Å²) in [4.78, 5) is 3.94. The topological polar surface area (TPSA) is 59.1 Å². The van der Waals surface area contributed by atoms with E-state index in [2.05, 4.69) is 16.8 Å². The molecule has 0 fully saturated rings. The maximum atomic E-state index is 8.83. The summed E-state index contributed by atoms with van der Waals surface area (Å²) in [7, 11) is 0. The first-order valence-electron chi connectivity index (χ1n) is 4.10. The van der Waals surface area contributed by atoms with Crippen molar-refractivity contribution in [3.63, 3.8) is 0 Å². The summed E-state index contributed by atoms with van der Waals surface area (Å²) < 4.78 is 0. The fourth-order valence-electron chi connectivity index (χ4n) is 0.879. The first-order chi connectivity index (χ1) is 6.36. The van der Waals surface area contributed by atoms with E-state index in [0.29, 0.717) is 13.0 Å². The van der Waals surface area contributed by atoms with Gasteiger partial charge in [0.2, 0.25) is 0 Å². The minimum atomic E-state index is -0.000586. The van der Waals surface area contributed by atoms with Crippen LogP contribution in [0.2, 0.25) is 0 Å². The van der Waals surface area contributed by atoms with Crippen LogP contribution in [0.1, 0.15) is 17.5 Å². The van der Waals surface area contributed by atoms with E-state index in [4.69, 9.17) is 10.8 Å². The van der Waals surface area contributed by atoms with E-state index in [-0.39, 0.29) is 6.61 Å². The van der Waals surface area contributed by atoms with Crippen LogP contribution < -0.4 is 5.73 Å². The second-order valence-electron chi connectivity index (χ2n) is 2.58. The Labute approximate surface area is 77.6 Å². The van der Waals surface area contributed by atoms with E-state index in [1.165, 1.54) is 0 Å². The third kappa shape index (κ3) is 3.24. The van der Waals surface area contributed by atoms with E-state index in [9.17, 15) is 0 Å². The third-order valence-corrected chi connectivity index (χ3v) is 1.48. The maximum Gasteiger partial charge on any atom is 0.0697 e. The van der Waals surface area contributed by atoms with Crippen LogP contribution in [0.3, 0.4) is 0 Å². The predicted octanol–water partition coefficient (Wildman–Crippen LogP) is 0.274. The normalized spacial score (nSPS) is 9.08. The van der Waals surface area contributed by atoms with Gasteiger partial charge >= 0.3 is 0 Å². The molecule has 0 spiro atoms. The minimum Gasteiger partial charge on any atom is -0.392 e. The lowest BCUT2D eigenvalue weighted by Gasteiger charge is -1.94. The van der Waals surface area contributed by atoms with Crippen molar-refractivity contribution in [2.24, 2.45) is 5.73 Å². The summed E-state index contributed by atoms with van der Waals surface area (Å²) in [6.45, 7) is 0.569. The van der Waals surface area contributed by atoms with Crippen LogP contribution in [0.15, 0.2) is 18.5 Å². The van der Waals surface area contributed by atoms with Gasteiger partial charge in [-0.2, -0.15) is 0 Å². The molecule has 0 aliphatic heterocycles. The molecule has 0 atom stereocenters. The highest BCUT2D eigenvalue weighted by atomic mass is 16.3. The summed E-state index contributed by atoms with van der Waals surface area (Å²) in [6, 6.07) is 1.82. The van der Waals surface area contributed by atoms with E-state index in [1.807, 2.05) is 6.07 Å². The third-order valence-electron chi connectivity index (χ3n) is 1.48. The summed E-state index contributed by atoms with van der Waals surface area (Å²) >= 11 is 0. The second kappa shape index (κ2) is 5.31. The molecule has 0 saturated carbocycles. The lowest BCUT2D eigenvalue weighted by Crippen LogP contribution is -1.95. The maximum absolute atomic E-state index is 8.83. The zero-order valence-corrected chi connectivity index (χ0v) is 7.33. The fourth-order valence-corrected chi connectivity index (χ4v) is 0.879. The highest BCUT2D eigenvalue weighted by Gasteiger charge is 1.91. The van der Waals surface area contributed by atoms with Crippen molar-refractivity contribution in [2.75, 3.05) is 6.54 Å². The molecule has 3 nitrogen and oxygen atoms in total. The Bertz CT molecular complexity index is 325. The number of aliphatic hydroxyl groups is 1. The van der Waals surface area contributed by atoms with Gasteiger partial charge in [0.05, 0.1) is 6.61 Å². The Morgan fingerprint density at radius 3 is 3.00 bits per heavy atom. The number of nitrogens with two attached hydrogens (primary N) is 1. The molecule has 0 unspecified atom stereocenters. The van der Waals surface area contributed by atoms with E-state index >= 15 is 0 Å². The SMILES string of the molecule is NCCC#Cc1cncc(CO)c1. The second-order valence-corrected chi connectivity index (χ2v) is 2.58. The van der Waals surface area contributed by atoms with E-state index in [1.54, 1.807) is 12.4 Å². The van der Waals surface area contributed by atoms with Crippen molar-refractivity contribution in [1.82, 2.24) is 4.98 Å². The van der Waals surface area contributed by atoms with Crippen molar-refractivity contribution in [3.8, 4) is 11.8 Å². The first kappa shape index (κ1) is 9.72. The molecule has 0 amide bonds. The molecule has 1 aromatic rings. The van der Waals surface area contributed by atoms with Gasteiger partial charge in [-0.25, -0.2) is 0 Å². The van der Waals surface area contributed by atoms with Crippen LogP contribution >= 0.6 is 0 Å². The number of hydrogen-bond donors (Lipinski definition) is 2. The Morgan fingerprint density at radius 1 is 1.46 bits per heavy atom. The molecule has 3 heteroatoms. The summed E-state index contributed by atoms with van der Waals surface area (Å²) in [5.41, 5.74) is 6.89. The molecule has 0 radical (unpaired) electrons. The standard InChI is InChI=1S/C10H12N2O/c11-4-2-1-3-9-5-10(8-13)7-12-6-9/h5-7,13H,2,4,8,11H2. The van der Waals surface area contributed by atoms with Gasteiger partial charge in [-0.05, 0) is 11.6 Å². The predicted molar refractivity (Wildman–Crippen MR) is 50.7 cm³/mol. The smallest absolute Gasteiger partial charge is 0.0697 e. The van der Waals surface area contributed by atoms with Crippen LogP contribution in [-0.2, 0) is 6.61 Å². The molecule has 1 heterocycles. The lowest BCUT2D eigenvalue weighted by molar-refractivity contribution is 0.281. The molecule has 0 saturated heterocycles. The Kier molecular flexibility index (Phi) is 3.97. The quantitative estimate of drug-likeness (QED) is 0.636. The number of hydrogen-bond acceptors (Lipinski definition) is 3. The molecule has 0 aliphatic carbocycles. The molecule has 0 aromatic carbocycles. The van der Waals surface area contributed by atoms with Gasteiger partial charge in [-0.15, -0.1) is 0 Å². The van der Waals surface area contributed by atoms with Crippen LogP contribution in [-0.4, -0.2) is 16.6 Å². The Hall–Kier alpha value is -1.37. The van der Waals surface area contributed by atoms with Gasteiger partial charge in [-0.3, -0.25) is 4.98 Å². The molecule has 13 heavy (non-hydrogen) atoms. The van der Waals surface area contributed by atoms with Crippen LogP contribution in [0.25, 0.3) is 0 Å². The van der Waals surface area contributed by atoms with Crippen molar-refractivity contribution < 1.29 is 5.11 Å². The lowest BCUT2D eigenvalue weighted by atomic mass is 10.2. The van der Waals surface area contributed by atoms with Crippen molar-refractivity contribution in [3.05, 3.63) is 29.6 Å². The molecule has 0 aliphatic rings. The monoisotopic (exact) mass is 176 g/mol. The average molecular weight is 176 g/mol. The van der Waals surface area contributed by atoms with Gasteiger partial charge in [0.1, 0.15) is 0 Å². The summed E-state index contributed by atoms with van der Waals surface area (Å²) in [6.07, 6.45) is 3.97. The van der Waals surface area contributed by atoms with Crippen molar-refractivity contribution >= 4 is 0 Å². The van der Waals surface area contributed by atoms with Gasteiger partial charge in [-0.1, -0.05) is 11.8 Å². The minimum absolute atomic E-state index is 0.000586. The van der Waals surface area contributed by atoms with Crippen LogP contribution in [0, 0.1) is 11.8 Å². The highest BCUT2D eigenvalue weighted by Crippen LogP contribution is 2.00. The van der Waals surface area contributed by atoms with Gasteiger partial charge in [0, 0.05) is 30.9 Å². The fraction of sp³-hybridized carbons (Fsp3) is 0.300. The zero-order valence-electron chi connectivity index (χ0n) is 7.33. The molecule has 0 bridgehead atoms. The van der Waals surface area contributed by atoms with Gasteiger partial charge < -0.3 is 10.8 Å². The summed E-state index contributed by atoms with van der Waals surface area (Å²) in [5.74, 6) is 5.82. The zero-order chi connectivity index (χ0) is 9.52. The number of nitrogens with zero attached hydrogens (tertiary/aromatic N) is 1. The molecule has 1 aromatic heterocycles. The number of pyridine rings is 1. The Balaban J connectivity index is 2.73. The van der Waals surface area contributed by atoms with E-state index < -0.39 is 0 Å². The summed E-state index contributed by atoms with van der Waals surface area (Å²) in [5, 5.41) is 8.83. The van der Waals surface area contributed by atoms with Gasteiger partial charge in [0.25, 0.3) is 0 Å². The number of aromatic nitrogens is 1. The molecule has 3 N–H and O–H groups in total. The number of aliphatic hydroxyl groups excluding tert-OH is 1. The van der Waals surface area contributed by atoms with Gasteiger partial charge in [0.15, 0.2) is 0 Å². The van der Waals surface area contributed by atoms with Crippen molar-refractivity contribution in [2.45, 2.75) is 13.0 Å². The molecular weight excluding hydrogens is 164 g/mol. The average Bonchev–Trinajstić information content (AvgIpc) is 2.19. The first-order valence-corrected chi connectivity index (χ1v) is 4.10. The Morgan fingerprint density at radius 2 is 2.31 bits per heavy atom. The largest absolute Gasteiger partial charge is 0.392 e. The molecule has 1 rings (SSSR count). The molecule has 68 valence electrons. The van der Waals surface area contributed by atoms with Crippen LogP contribution in [0.5, 0.6) is 0 Å².